The highest BCUT2D eigenvalue weighted by Crippen LogP contribution is 2.39. The molecule has 0 saturated carbocycles. The zero-order chi connectivity index (χ0) is 27.5. The van der Waals surface area contributed by atoms with Crippen molar-refractivity contribution in [2.24, 2.45) is 0 Å². The number of esters is 1. The molecule has 3 aromatic rings. The van der Waals surface area contributed by atoms with E-state index in [2.05, 4.69) is 20.8 Å². The molecule has 0 fully saturated rings. The Kier molecular flexibility index (Phi) is 11.1. The molecule has 0 aliphatic carbocycles. The van der Waals surface area contributed by atoms with Crippen LogP contribution in [0.15, 0.2) is 40.7 Å². The van der Waals surface area contributed by atoms with Gasteiger partial charge in [0.25, 0.3) is 5.91 Å². The van der Waals surface area contributed by atoms with Crippen LogP contribution in [0.1, 0.15) is 47.1 Å². The average Bonchev–Trinajstić information content (AvgIpc) is 3.36. The van der Waals surface area contributed by atoms with E-state index in [1.165, 1.54) is 30.2 Å². The van der Waals surface area contributed by atoms with Crippen molar-refractivity contribution in [3.63, 3.8) is 0 Å². The number of amides is 1. The Balaban J connectivity index is 1.60. The molecule has 0 atom stereocenters. The van der Waals surface area contributed by atoms with Crippen molar-refractivity contribution in [1.82, 2.24) is 15.5 Å². The molecule has 202 valence electrons. The first-order valence-electron chi connectivity index (χ1n) is 11.7. The van der Waals surface area contributed by atoms with Gasteiger partial charge in [0.15, 0.2) is 21.0 Å². The number of nitrogens with zero attached hydrogens (tertiary/aromatic N) is 2. The van der Waals surface area contributed by atoms with Gasteiger partial charge in [0.1, 0.15) is 0 Å². The lowest BCUT2D eigenvalue weighted by atomic mass is 10.1. The number of thiocarbonyl (C=S) groups is 1. The van der Waals surface area contributed by atoms with Gasteiger partial charge in [-0.15, -0.1) is 10.2 Å². The quantitative estimate of drug-likeness (QED) is 0.173. The molecule has 2 N–H and O–H groups in total. The summed E-state index contributed by atoms with van der Waals surface area (Å²) in [6.45, 7) is 6.76. The molecule has 0 radical (unpaired) electrons. The van der Waals surface area contributed by atoms with Crippen LogP contribution in [-0.2, 0) is 10.5 Å². The van der Waals surface area contributed by atoms with Crippen LogP contribution in [-0.4, -0.2) is 54.1 Å². The second-order valence-corrected chi connectivity index (χ2v) is 9.97. The minimum atomic E-state index is -0.443. The van der Waals surface area contributed by atoms with E-state index in [1.54, 1.807) is 24.3 Å². The summed E-state index contributed by atoms with van der Waals surface area (Å²) in [5.41, 5.74) is 1.81. The summed E-state index contributed by atoms with van der Waals surface area (Å²) in [5.74, 6) is 1.09. The third-order valence-electron chi connectivity index (χ3n) is 4.76. The summed E-state index contributed by atoms with van der Waals surface area (Å²) >= 11 is 8.09. The van der Waals surface area contributed by atoms with Gasteiger partial charge in [0.2, 0.25) is 10.9 Å². The van der Waals surface area contributed by atoms with E-state index in [-0.39, 0.29) is 11.1 Å². The summed E-state index contributed by atoms with van der Waals surface area (Å²) in [4.78, 5) is 24.5. The fourth-order valence-electron chi connectivity index (χ4n) is 3.14. The van der Waals surface area contributed by atoms with Crippen LogP contribution in [0.25, 0.3) is 0 Å². The number of hydrogen-bond acceptors (Lipinski definition) is 11. The minimum Gasteiger partial charge on any atom is -0.490 e. The molecule has 0 aliphatic rings. The average molecular weight is 577 g/mol. The first-order valence-corrected chi connectivity index (χ1v) is 13.9. The molecule has 3 rings (SSSR count). The number of carbonyl (C=O) groups excluding carboxylic acids is 2. The van der Waals surface area contributed by atoms with Crippen LogP contribution in [0.4, 0.5) is 5.13 Å². The lowest BCUT2D eigenvalue weighted by Crippen LogP contribution is -2.34. The molecule has 1 heterocycles. The number of ether oxygens (including phenoxy) is 4. The first kappa shape index (κ1) is 29.1. The Morgan fingerprint density at radius 3 is 2.16 bits per heavy atom. The number of methoxy groups -OCH3 is 1. The lowest BCUT2D eigenvalue weighted by Gasteiger charge is -2.17. The summed E-state index contributed by atoms with van der Waals surface area (Å²) in [6, 6.07) is 10.3. The van der Waals surface area contributed by atoms with Crippen LogP contribution in [0.5, 0.6) is 17.2 Å². The van der Waals surface area contributed by atoms with E-state index >= 15 is 0 Å². The third-order valence-corrected chi connectivity index (χ3v) is 7.01. The molecule has 13 heteroatoms. The summed E-state index contributed by atoms with van der Waals surface area (Å²) in [5, 5.41) is 14.3. The van der Waals surface area contributed by atoms with E-state index < -0.39 is 5.91 Å². The number of nitrogens with one attached hydrogen (secondary N) is 2. The fraction of sp³-hybridized carbons (Fsp3) is 0.320. The van der Waals surface area contributed by atoms with Crippen molar-refractivity contribution in [3.8, 4) is 17.2 Å². The molecule has 0 bridgehead atoms. The number of anilines is 1. The van der Waals surface area contributed by atoms with Crippen molar-refractivity contribution < 1.29 is 28.5 Å². The SMILES string of the molecule is CCOc1cc(C(=O)NC(=S)Nc2nnc(SCc3ccc(C(=O)OC)cc3)s2)cc(OCC)c1OCC. The highest BCUT2D eigenvalue weighted by molar-refractivity contribution is 8.00. The molecule has 0 spiro atoms. The standard InChI is InChI=1S/C25H28N4O6S3/c1-5-33-18-12-17(13-19(34-6-2)20(18)35-7-3)21(30)26-23(36)27-24-28-29-25(38-24)37-14-15-8-10-16(11-9-15)22(31)32-4/h8-13H,5-7,14H2,1-4H3,(H2,26,27,28,30,36). The van der Waals surface area contributed by atoms with Crippen molar-refractivity contribution in [3.05, 3.63) is 53.1 Å². The van der Waals surface area contributed by atoms with Gasteiger partial charge in [0, 0.05) is 11.3 Å². The largest absolute Gasteiger partial charge is 0.490 e. The second-order valence-electron chi connectivity index (χ2n) is 7.36. The van der Waals surface area contributed by atoms with Crippen LogP contribution >= 0.6 is 35.3 Å². The number of rotatable bonds is 12. The number of carbonyl (C=O) groups is 2. The molecule has 0 unspecified atom stereocenters. The maximum absolute atomic E-state index is 12.9. The van der Waals surface area contributed by atoms with Crippen LogP contribution in [0, 0.1) is 0 Å². The van der Waals surface area contributed by atoms with E-state index in [0.717, 1.165) is 5.56 Å². The van der Waals surface area contributed by atoms with Crippen molar-refractivity contribution in [2.45, 2.75) is 30.9 Å². The summed E-state index contributed by atoms with van der Waals surface area (Å²) in [6.07, 6.45) is 0. The van der Waals surface area contributed by atoms with Crippen LogP contribution in [0.3, 0.4) is 0 Å². The monoisotopic (exact) mass is 576 g/mol. The van der Waals surface area contributed by atoms with Crippen LogP contribution < -0.4 is 24.8 Å². The number of aromatic nitrogens is 2. The molecule has 1 aromatic heterocycles. The Hall–Kier alpha value is -3.42. The zero-order valence-electron chi connectivity index (χ0n) is 21.4. The fourth-order valence-corrected chi connectivity index (χ4v) is 5.11. The van der Waals surface area contributed by atoms with Gasteiger partial charge in [-0.3, -0.25) is 10.1 Å². The highest BCUT2D eigenvalue weighted by atomic mass is 32.2. The Morgan fingerprint density at radius 2 is 1.58 bits per heavy atom. The molecule has 38 heavy (non-hydrogen) atoms. The predicted octanol–water partition coefficient (Wildman–Crippen LogP) is 4.94. The first-order chi connectivity index (χ1) is 18.4. The maximum Gasteiger partial charge on any atom is 0.337 e. The smallest absolute Gasteiger partial charge is 0.337 e. The van der Waals surface area contributed by atoms with Gasteiger partial charge in [-0.1, -0.05) is 35.2 Å². The third kappa shape index (κ3) is 8.04. The van der Waals surface area contributed by atoms with E-state index in [9.17, 15) is 9.59 Å². The normalized spacial score (nSPS) is 10.4. The molecule has 0 saturated heterocycles. The second kappa shape index (κ2) is 14.5. The Bertz CT molecular complexity index is 1240. The van der Waals surface area contributed by atoms with Gasteiger partial charge in [-0.25, -0.2) is 4.79 Å². The molecule has 1 amide bonds. The predicted molar refractivity (Wildman–Crippen MR) is 151 cm³/mol. The number of benzene rings is 2. The van der Waals surface area contributed by atoms with E-state index in [1.807, 2.05) is 32.9 Å². The molecular formula is C25H28N4O6S3. The van der Waals surface area contributed by atoms with Gasteiger partial charge < -0.3 is 24.3 Å². The molecule has 0 aliphatic heterocycles. The Labute approximate surface area is 234 Å². The molecular weight excluding hydrogens is 548 g/mol. The zero-order valence-corrected chi connectivity index (χ0v) is 23.8. The minimum absolute atomic E-state index is 0.0749. The maximum atomic E-state index is 12.9. The van der Waals surface area contributed by atoms with Gasteiger partial charge in [0.05, 0.1) is 32.5 Å². The van der Waals surface area contributed by atoms with Gasteiger partial charge in [-0.05, 0) is 62.8 Å². The topological polar surface area (TPSA) is 121 Å². The van der Waals surface area contributed by atoms with Gasteiger partial charge in [-0.2, -0.15) is 0 Å². The van der Waals surface area contributed by atoms with Crippen molar-refractivity contribution >= 4 is 57.4 Å². The molecule has 10 nitrogen and oxygen atoms in total. The summed E-state index contributed by atoms with van der Waals surface area (Å²) in [7, 11) is 1.35. The van der Waals surface area contributed by atoms with E-state index in [0.29, 0.717) is 63.4 Å². The van der Waals surface area contributed by atoms with Gasteiger partial charge >= 0.3 is 5.97 Å². The Morgan fingerprint density at radius 1 is 0.947 bits per heavy atom. The van der Waals surface area contributed by atoms with Crippen LogP contribution in [0.2, 0.25) is 0 Å². The van der Waals surface area contributed by atoms with E-state index in [4.69, 9.17) is 31.2 Å². The molecule has 2 aromatic carbocycles. The lowest BCUT2D eigenvalue weighted by molar-refractivity contribution is 0.0600. The number of thioether (sulfide) groups is 1. The van der Waals surface area contributed by atoms with Crippen molar-refractivity contribution in [2.75, 3.05) is 32.2 Å². The highest BCUT2D eigenvalue weighted by Gasteiger charge is 2.19. The summed E-state index contributed by atoms with van der Waals surface area (Å²) < 4.78 is 22.5. The van der Waals surface area contributed by atoms with Crippen molar-refractivity contribution in [1.29, 1.82) is 0 Å². The number of hydrogen-bond donors (Lipinski definition) is 2.